The monoisotopic (exact) mass is 303 g/mol. The number of hydrogen-bond acceptors (Lipinski definition) is 3. The number of methoxy groups -OCH3 is 1. The van der Waals surface area contributed by atoms with E-state index in [4.69, 9.17) is 18.2 Å². The molecule has 0 N–H and O–H groups in total. The Labute approximate surface area is 120 Å². The van der Waals surface area contributed by atoms with Gasteiger partial charge in [-0.05, 0) is 11.6 Å². The van der Waals surface area contributed by atoms with E-state index in [-0.39, 0.29) is 39.1 Å². The minimum atomic E-state index is -0.582. The number of rotatable bonds is 6. The van der Waals surface area contributed by atoms with E-state index < -0.39 is 11.2 Å². The van der Waals surface area contributed by atoms with E-state index in [0.29, 0.717) is 18.4 Å². The van der Waals surface area contributed by atoms with Crippen molar-refractivity contribution in [1.29, 1.82) is 0 Å². The van der Waals surface area contributed by atoms with Crippen molar-refractivity contribution in [3.05, 3.63) is 24.3 Å². The molecule has 0 saturated heterocycles. The average Bonchev–Trinajstić information content (AvgIpc) is 2.13. The standard InChI is InChI=1S/C10H11ClO3.Y/c1-8(4-3-5-9(11)12)6-7-10(13)14-2;/h1,6H,3-5H2,2H3;/q-2;. The van der Waals surface area contributed by atoms with E-state index in [1.807, 2.05) is 0 Å². The Kier molecular flexibility index (Phi) is 12.2. The van der Waals surface area contributed by atoms with E-state index in [1.165, 1.54) is 13.2 Å². The van der Waals surface area contributed by atoms with Gasteiger partial charge in [0.05, 0.1) is 7.11 Å². The van der Waals surface area contributed by atoms with Crippen LogP contribution in [-0.4, -0.2) is 18.3 Å². The summed E-state index contributed by atoms with van der Waals surface area (Å²) in [5, 5.41) is -0.390. The van der Waals surface area contributed by atoms with Gasteiger partial charge in [0.15, 0.2) is 0 Å². The van der Waals surface area contributed by atoms with Gasteiger partial charge in [-0.1, -0.05) is 6.42 Å². The number of halogens is 1. The molecule has 0 aromatic rings. The van der Waals surface area contributed by atoms with Gasteiger partial charge in [0.25, 0.3) is 0 Å². The summed E-state index contributed by atoms with van der Waals surface area (Å²) in [6.07, 6.45) is 4.98. The van der Waals surface area contributed by atoms with Crippen molar-refractivity contribution >= 4 is 22.8 Å². The second-order valence-electron chi connectivity index (χ2n) is 2.56. The Hall–Kier alpha value is 0.0139. The topological polar surface area (TPSA) is 43.4 Å². The molecule has 81 valence electrons. The molecular weight excluding hydrogens is 292 g/mol. The van der Waals surface area contributed by atoms with E-state index in [1.54, 1.807) is 0 Å². The third-order valence-electron chi connectivity index (χ3n) is 1.40. The molecule has 0 aliphatic carbocycles. The molecule has 0 atom stereocenters. The summed E-state index contributed by atoms with van der Waals surface area (Å²) in [6, 6.07) is 0. The van der Waals surface area contributed by atoms with Gasteiger partial charge >= 0.3 is 0 Å². The summed E-state index contributed by atoms with van der Waals surface area (Å²) in [6.45, 7) is 5.50. The fourth-order valence-corrected chi connectivity index (χ4v) is 0.848. The number of carbonyl (C=O) groups excluding carboxylic acids is 2. The Morgan fingerprint density at radius 2 is 2.07 bits per heavy atom. The van der Waals surface area contributed by atoms with Crippen LogP contribution >= 0.6 is 11.6 Å². The molecule has 0 aliphatic rings. The van der Waals surface area contributed by atoms with Gasteiger partial charge in [0.1, 0.15) is 0 Å². The molecule has 0 amide bonds. The molecule has 1 radical (unpaired) electrons. The maximum absolute atomic E-state index is 10.6. The van der Waals surface area contributed by atoms with E-state index in [9.17, 15) is 9.59 Å². The second kappa shape index (κ2) is 10.5. The van der Waals surface area contributed by atoms with Gasteiger partial charge in [0, 0.05) is 39.1 Å². The fraction of sp³-hybridized carbons (Fsp3) is 0.400. The fourth-order valence-electron chi connectivity index (χ4n) is 0.714. The van der Waals surface area contributed by atoms with Crippen LogP contribution in [0.2, 0.25) is 0 Å². The molecule has 0 aliphatic heterocycles. The zero-order valence-corrected chi connectivity index (χ0v) is 12.1. The van der Waals surface area contributed by atoms with E-state index in [0.717, 1.165) is 0 Å². The van der Waals surface area contributed by atoms with Gasteiger partial charge in [-0.2, -0.15) is 0 Å². The first-order chi connectivity index (χ1) is 6.56. The molecule has 0 fully saturated rings. The van der Waals surface area contributed by atoms with Gasteiger partial charge < -0.3 is 23.0 Å². The zero-order valence-electron chi connectivity index (χ0n) is 8.46. The molecule has 0 aromatic heterocycles. The first-order valence-corrected chi connectivity index (χ1v) is 4.41. The SMILES string of the molecule is [CH-]=C(C=[C-]C(=O)OC)CCCC(=O)Cl.[Y]. The van der Waals surface area contributed by atoms with Crippen molar-refractivity contribution in [1.82, 2.24) is 0 Å². The Bertz CT molecular complexity index is 261. The summed E-state index contributed by atoms with van der Waals surface area (Å²) in [4.78, 5) is 20.9. The quantitative estimate of drug-likeness (QED) is 0.247. The van der Waals surface area contributed by atoms with Crippen LogP contribution in [0, 0.1) is 12.7 Å². The molecule has 15 heavy (non-hydrogen) atoms. The third kappa shape index (κ3) is 11.9. The molecule has 0 heterocycles. The van der Waals surface area contributed by atoms with Crippen LogP contribution in [0.25, 0.3) is 0 Å². The molecule has 0 spiro atoms. The number of carbonyl (C=O) groups is 2. The van der Waals surface area contributed by atoms with Gasteiger partial charge in [-0.15, -0.1) is 6.42 Å². The number of allylic oxidation sites excluding steroid dienone is 2. The predicted molar refractivity (Wildman–Crippen MR) is 52.4 cm³/mol. The molecule has 0 aromatic carbocycles. The predicted octanol–water partition coefficient (Wildman–Crippen LogP) is 1.81. The minimum Gasteiger partial charge on any atom is -0.481 e. The average molecular weight is 304 g/mol. The molecule has 0 bridgehead atoms. The second-order valence-corrected chi connectivity index (χ2v) is 2.99. The van der Waals surface area contributed by atoms with Crippen molar-refractivity contribution in [3.63, 3.8) is 0 Å². The van der Waals surface area contributed by atoms with Crippen LogP contribution in [0.4, 0.5) is 0 Å². The normalized spacial score (nSPS) is 9.47. The van der Waals surface area contributed by atoms with Crippen LogP contribution in [0.15, 0.2) is 11.6 Å². The van der Waals surface area contributed by atoms with Crippen LogP contribution in [0.1, 0.15) is 19.3 Å². The van der Waals surface area contributed by atoms with Crippen molar-refractivity contribution in [3.8, 4) is 0 Å². The summed E-state index contributed by atoms with van der Waals surface area (Å²) >= 11 is 5.12. The summed E-state index contributed by atoms with van der Waals surface area (Å²) in [7, 11) is 1.26. The van der Waals surface area contributed by atoms with Crippen LogP contribution < -0.4 is 0 Å². The van der Waals surface area contributed by atoms with Gasteiger partial charge in [-0.3, -0.25) is 15.7 Å². The van der Waals surface area contributed by atoms with Gasteiger partial charge in [0.2, 0.25) is 11.2 Å². The van der Waals surface area contributed by atoms with Gasteiger partial charge in [-0.25, -0.2) is 0 Å². The summed E-state index contributed by atoms with van der Waals surface area (Å²) < 4.78 is 4.32. The van der Waals surface area contributed by atoms with Crippen molar-refractivity contribution in [2.24, 2.45) is 0 Å². The smallest absolute Gasteiger partial charge is 0.221 e. The largest absolute Gasteiger partial charge is 0.481 e. The molecule has 0 unspecified atom stereocenters. The van der Waals surface area contributed by atoms with Crippen LogP contribution in [-0.2, 0) is 47.0 Å². The van der Waals surface area contributed by atoms with Crippen molar-refractivity contribution in [2.45, 2.75) is 19.3 Å². The van der Waals surface area contributed by atoms with Crippen molar-refractivity contribution in [2.75, 3.05) is 7.11 Å². The van der Waals surface area contributed by atoms with E-state index >= 15 is 0 Å². The molecule has 0 saturated carbocycles. The van der Waals surface area contributed by atoms with Crippen LogP contribution in [0.5, 0.6) is 0 Å². The van der Waals surface area contributed by atoms with E-state index in [2.05, 4.69) is 10.8 Å². The zero-order chi connectivity index (χ0) is 11.0. The maximum Gasteiger partial charge on any atom is 0.221 e. The third-order valence-corrected chi connectivity index (χ3v) is 1.59. The molecule has 5 heteroatoms. The van der Waals surface area contributed by atoms with Crippen LogP contribution in [0.3, 0.4) is 0 Å². The Morgan fingerprint density at radius 1 is 1.47 bits per heavy atom. The maximum atomic E-state index is 10.6. The minimum absolute atomic E-state index is 0. The molecule has 3 nitrogen and oxygen atoms in total. The molecular formula is C10H11ClO3Y-2. The Balaban J connectivity index is 0. The summed E-state index contributed by atoms with van der Waals surface area (Å²) in [5.74, 6) is -0.582. The first-order valence-electron chi connectivity index (χ1n) is 4.03. The first kappa shape index (κ1) is 17.4. The number of ether oxygens (including phenoxy) is 1. The summed E-state index contributed by atoms with van der Waals surface area (Å²) in [5.41, 5.74) is 0.466. The molecule has 0 rings (SSSR count). The number of hydrogen-bond donors (Lipinski definition) is 0. The number of esters is 1. The van der Waals surface area contributed by atoms with Crippen molar-refractivity contribution < 1.29 is 47.0 Å². The Morgan fingerprint density at radius 3 is 2.53 bits per heavy atom.